The molecule has 0 aromatic heterocycles. The third-order valence-electron chi connectivity index (χ3n) is 6.50. The molecule has 0 aromatic carbocycles. The molecule has 4 aliphatic carbocycles. The maximum atomic E-state index is 3.71. The van der Waals surface area contributed by atoms with Gasteiger partial charge in [0.05, 0.1) is 0 Å². The molecule has 0 heterocycles. The van der Waals surface area contributed by atoms with Crippen molar-refractivity contribution < 1.29 is 0 Å². The van der Waals surface area contributed by atoms with Crippen LogP contribution >= 0.6 is 0 Å². The SMILES string of the molecule is CCCCCCC(NC)C1C2CC3CC(C2)CC1C3. The number of hydrogen-bond donors (Lipinski definition) is 1. The van der Waals surface area contributed by atoms with Gasteiger partial charge in [0.1, 0.15) is 0 Å². The maximum absolute atomic E-state index is 3.71. The molecule has 0 aromatic rings. The Morgan fingerprint density at radius 2 is 1.53 bits per heavy atom. The predicted octanol–water partition coefficient (Wildman–Crippen LogP) is 4.62. The molecule has 0 amide bonds. The van der Waals surface area contributed by atoms with E-state index in [0.29, 0.717) is 0 Å². The van der Waals surface area contributed by atoms with Crippen LogP contribution in [0, 0.1) is 29.6 Å². The fraction of sp³-hybridized carbons (Fsp3) is 1.00. The van der Waals surface area contributed by atoms with Gasteiger partial charge in [0.25, 0.3) is 0 Å². The maximum Gasteiger partial charge on any atom is 0.00976 e. The topological polar surface area (TPSA) is 12.0 Å². The minimum Gasteiger partial charge on any atom is -0.317 e. The first-order valence-corrected chi connectivity index (χ1v) is 8.99. The zero-order valence-corrected chi connectivity index (χ0v) is 13.0. The van der Waals surface area contributed by atoms with E-state index in [2.05, 4.69) is 19.3 Å². The molecule has 0 saturated heterocycles. The molecule has 1 N–H and O–H groups in total. The van der Waals surface area contributed by atoms with Gasteiger partial charge in [-0.05, 0) is 75.2 Å². The van der Waals surface area contributed by atoms with Crippen molar-refractivity contribution in [3.8, 4) is 0 Å². The summed E-state index contributed by atoms with van der Waals surface area (Å²) in [5.74, 6) is 5.44. The van der Waals surface area contributed by atoms with Gasteiger partial charge in [-0.15, -0.1) is 0 Å². The van der Waals surface area contributed by atoms with Crippen LogP contribution < -0.4 is 5.32 Å². The molecule has 0 radical (unpaired) electrons. The molecule has 19 heavy (non-hydrogen) atoms. The standard InChI is InChI=1S/C18H33N/c1-3-4-5-6-7-17(19-2)18-15-9-13-8-14(11-15)12-16(18)10-13/h13-19H,3-12H2,1-2H3. The van der Waals surface area contributed by atoms with Crippen LogP contribution in [0.3, 0.4) is 0 Å². The van der Waals surface area contributed by atoms with Crippen LogP contribution in [0.15, 0.2) is 0 Å². The number of unbranched alkanes of at least 4 members (excludes halogenated alkanes) is 3. The molecule has 1 atom stereocenters. The van der Waals surface area contributed by atoms with Crippen molar-refractivity contribution >= 4 is 0 Å². The van der Waals surface area contributed by atoms with Crippen LogP contribution in [-0.2, 0) is 0 Å². The van der Waals surface area contributed by atoms with E-state index in [0.717, 1.165) is 35.6 Å². The van der Waals surface area contributed by atoms with Gasteiger partial charge in [-0.2, -0.15) is 0 Å². The zero-order valence-electron chi connectivity index (χ0n) is 13.0. The summed E-state index contributed by atoms with van der Waals surface area (Å²) >= 11 is 0. The summed E-state index contributed by atoms with van der Waals surface area (Å²) in [6.45, 7) is 2.31. The van der Waals surface area contributed by atoms with Crippen LogP contribution in [0.25, 0.3) is 0 Å². The fourth-order valence-electron chi connectivity index (χ4n) is 5.94. The molecule has 4 saturated carbocycles. The van der Waals surface area contributed by atoms with Crippen LogP contribution in [0.1, 0.15) is 71.1 Å². The van der Waals surface area contributed by atoms with Crippen LogP contribution in [0.5, 0.6) is 0 Å². The van der Waals surface area contributed by atoms with Crippen LogP contribution in [-0.4, -0.2) is 13.1 Å². The lowest BCUT2D eigenvalue weighted by molar-refractivity contribution is -0.0522. The average molecular weight is 263 g/mol. The van der Waals surface area contributed by atoms with E-state index in [1.165, 1.54) is 32.1 Å². The monoisotopic (exact) mass is 263 g/mol. The molecule has 1 nitrogen and oxygen atoms in total. The zero-order chi connectivity index (χ0) is 13.2. The summed E-state index contributed by atoms with van der Waals surface area (Å²) in [5.41, 5.74) is 0. The molecule has 110 valence electrons. The Bertz CT molecular complexity index is 257. The molecular weight excluding hydrogens is 230 g/mol. The average Bonchev–Trinajstić information content (AvgIpc) is 2.40. The Morgan fingerprint density at radius 3 is 2.05 bits per heavy atom. The largest absolute Gasteiger partial charge is 0.317 e. The Labute approximate surface area is 119 Å². The van der Waals surface area contributed by atoms with E-state index in [1.807, 2.05) is 0 Å². The summed E-state index contributed by atoms with van der Waals surface area (Å²) in [6.07, 6.45) is 15.0. The second kappa shape index (κ2) is 6.16. The highest BCUT2D eigenvalue weighted by Gasteiger charge is 2.49. The second-order valence-electron chi connectivity index (χ2n) is 7.75. The molecule has 0 spiro atoms. The van der Waals surface area contributed by atoms with Crippen molar-refractivity contribution in [1.29, 1.82) is 0 Å². The lowest BCUT2D eigenvalue weighted by atomic mass is 9.50. The van der Waals surface area contributed by atoms with Crippen molar-refractivity contribution in [1.82, 2.24) is 5.32 Å². The molecule has 1 unspecified atom stereocenters. The molecule has 4 fully saturated rings. The highest BCUT2D eigenvalue weighted by Crippen LogP contribution is 2.57. The number of hydrogen-bond acceptors (Lipinski definition) is 1. The third kappa shape index (κ3) is 2.86. The summed E-state index contributed by atoms with van der Waals surface area (Å²) < 4.78 is 0. The fourth-order valence-corrected chi connectivity index (χ4v) is 5.94. The van der Waals surface area contributed by atoms with Crippen molar-refractivity contribution in [2.24, 2.45) is 29.6 Å². The van der Waals surface area contributed by atoms with Gasteiger partial charge < -0.3 is 5.32 Å². The predicted molar refractivity (Wildman–Crippen MR) is 82.1 cm³/mol. The van der Waals surface area contributed by atoms with Gasteiger partial charge in [-0.3, -0.25) is 0 Å². The Kier molecular flexibility index (Phi) is 4.51. The highest BCUT2D eigenvalue weighted by atomic mass is 14.9. The first-order valence-electron chi connectivity index (χ1n) is 8.99. The first kappa shape index (κ1) is 13.9. The van der Waals surface area contributed by atoms with Gasteiger partial charge in [-0.25, -0.2) is 0 Å². The van der Waals surface area contributed by atoms with E-state index in [4.69, 9.17) is 0 Å². The van der Waals surface area contributed by atoms with E-state index < -0.39 is 0 Å². The van der Waals surface area contributed by atoms with Gasteiger partial charge in [0.15, 0.2) is 0 Å². The number of rotatable bonds is 7. The van der Waals surface area contributed by atoms with Crippen molar-refractivity contribution in [2.45, 2.75) is 77.2 Å². The minimum atomic E-state index is 0.826. The Hall–Kier alpha value is -0.0400. The molecule has 4 bridgehead atoms. The molecule has 0 aliphatic heterocycles. The molecule has 4 aliphatic rings. The number of nitrogens with one attached hydrogen (secondary N) is 1. The van der Waals surface area contributed by atoms with Gasteiger partial charge >= 0.3 is 0 Å². The quantitative estimate of drug-likeness (QED) is 0.661. The van der Waals surface area contributed by atoms with E-state index >= 15 is 0 Å². The van der Waals surface area contributed by atoms with E-state index in [9.17, 15) is 0 Å². The lowest BCUT2D eigenvalue weighted by Crippen LogP contribution is -2.52. The highest BCUT2D eigenvalue weighted by molar-refractivity contribution is 5.01. The summed E-state index contributed by atoms with van der Waals surface area (Å²) in [6, 6.07) is 0.826. The summed E-state index contributed by atoms with van der Waals surface area (Å²) in [4.78, 5) is 0. The summed E-state index contributed by atoms with van der Waals surface area (Å²) in [7, 11) is 2.22. The molecule has 1 heteroatoms. The second-order valence-corrected chi connectivity index (χ2v) is 7.75. The first-order chi connectivity index (χ1) is 9.31. The van der Waals surface area contributed by atoms with Crippen molar-refractivity contribution in [3.05, 3.63) is 0 Å². The van der Waals surface area contributed by atoms with E-state index in [1.54, 1.807) is 32.1 Å². The van der Waals surface area contributed by atoms with Crippen molar-refractivity contribution in [3.63, 3.8) is 0 Å². The molecule has 4 rings (SSSR count). The third-order valence-corrected chi connectivity index (χ3v) is 6.50. The van der Waals surface area contributed by atoms with Gasteiger partial charge in [-0.1, -0.05) is 32.6 Å². The van der Waals surface area contributed by atoms with Gasteiger partial charge in [0.2, 0.25) is 0 Å². The van der Waals surface area contributed by atoms with Crippen LogP contribution in [0.4, 0.5) is 0 Å². The Morgan fingerprint density at radius 1 is 0.895 bits per heavy atom. The minimum absolute atomic E-state index is 0.826. The van der Waals surface area contributed by atoms with Crippen molar-refractivity contribution in [2.75, 3.05) is 7.05 Å². The van der Waals surface area contributed by atoms with E-state index in [-0.39, 0.29) is 0 Å². The molecular formula is C18H33N. The summed E-state index contributed by atoms with van der Waals surface area (Å²) in [5, 5.41) is 3.71. The van der Waals surface area contributed by atoms with Crippen LogP contribution in [0.2, 0.25) is 0 Å². The smallest absolute Gasteiger partial charge is 0.00976 e. The van der Waals surface area contributed by atoms with Gasteiger partial charge in [0, 0.05) is 6.04 Å². The Balaban J connectivity index is 1.57. The lowest BCUT2D eigenvalue weighted by Gasteiger charge is -2.56. The normalized spacial score (nSPS) is 41.7.